The monoisotopic (exact) mass is 588 g/mol. The molecule has 3 fully saturated rings. The van der Waals surface area contributed by atoms with E-state index in [1.807, 2.05) is 12.1 Å². The molecule has 0 spiro atoms. The van der Waals surface area contributed by atoms with Crippen molar-refractivity contribution in [2.24, 2.45) is 0 Å². The maximum atomic E-state index is 10.6. The van der Waals surface area contributed by atoms with Crippen LogP contribution < -0.4 is 4.74 Å². The van der Waals surface area contributed by atoms with Gasteiger partial charge in [0.2, 0.25) is 0 Å². The van der Waals surface area contributed by atoms with E-state index in [1.165, 1.54) is 37.9 Å². The first-order valence-corrected chi connectivity index (χ1v) is 12.6. The third-order valence-corrected chi connectivity index (χ3v) is 6.62. The van der Waals surface area contributed by atoms with E-state index < -0.39 is 24.3 Å². The summed E-state index contributed by atoms with van der Waals surface area (Å²) in [6.45, 7) is 7.20. The van der Waals surface area contributed by atoms with Crippen LogP contribution in [0.25, 0.3) is 0 Å². The predicted octanol–water partition coefficient (Wildman–Crippen LogP) is 3.81. The maximum Gasteiger partial charge on any atom is 0.490 e. The first kappa shape index (κ1) is 33.6. The van der Waals surface area contributed by atoms with E-state index >= 15 is 0 Å². The Hall–Kier alpha value is -2.62. The van der Waals surface area contributed by atoms with Gasteiger partial charge in [-0.2, -0.15) is 26.3 Å². The molecule has 0 amide bonds. The fourth-order valence-electron chi connectivity index (χ4n) is 4.67. The van der Waals surface area contributed by atoms with Gasteiger partial charge in [0, 0.05) is 25.7 Å². The van der Waals surface area contributed by atoms with E-state index in [1.54, 1.807) is 7.11 Å². The van der Waals surface area contributed by atoms with Crippen molar-refractivity contribution in [1.82, 2.24) is 9.80 Å². The van der Waals surface area contributed by atoms with Crippen LogP contribution in [-0.4, -0.2) is 109 Å². The van der Waals surface area contributed by atoms with Gasteiger partial charge in [-0.1, -0.05) is 12.1 Å². The van der Waals surface area contributed by atoms with Crippen molar-refractivity contribution in [2.45, 2.75) is 62.8 Å². The number of carbonyl (C=O) groups is 2. The van der Waals surface area contributed by atoms with Gasteiger partial charge in [-0.15, -0.1) is 0 Å². The number of hydrogen-bond acceptors (Lipinski definition) is 7. The Morgan fingerprint density at radius 3 is 2.00 bits per heavy atom. The fraction of sp³-hybridized carbons (Fsp3) is 0.680. The molecule has 9 nitrogen and oxygen atoms in total. The molecule has 3 aliphatic rings. The van der Waals surface area contributed by atoms with Crippen molar-refractivity contribution >= 4 is 11.9 Å². The van der Waals surface area contributed by atoms with Crippen LogP contribution in [0.15, 0.2) is 24.3 Å². The van der Waals surface area contributed by atoms with E-state index in [-0.39, 0.29) is 12.2 Å². The minimum atomic E-state index is -5.08. The highest BCUT2D eigenvalue weighted by Gasteiger charge is 2.43. The van der Waals surface area contributed by atoms with Crippen LogP contribution in [0.4, 0.5) is 26.3 Å². The Labute approximate surface area is 227 Å². The van der Waals surface area contributed by atoms with Crippen LogP contribution in [0.3, 0.4) is 0 Å². The molecule has 0 radical (unpaired) electrons. The van der Waals surface area contributed by atoms with Crippen molar-refractivity contribution in [3.8, 4) is 5.75 Å². The number of carboxylic acid groups (broad SMARTS) is 2. The lowest BCUT2D eigenvalue weighted by Crippen LogP contribution is -2.51. The molecule has 4 rings (SSSR count). The molecule has 3 atom stereocenters. The second-order valence-corrected chi connectivity index (χ2v) is 9.36. The lowest BCUT2D eigenvalue weighted by atomic mass is 10.1. The predicted molar refractivity (Wildman–Crippen MR) is 129 cm³/mol. The number of alkyl halides is 6. The van der Waals surface area contributed by atoms with Crippen molar-refractivity contribution < 1.29 is 60.4 Å². The summed E-state index contributed by atoms with van der Waals surface area (Å²) in [7, 11) is 1.71. The van der Waals surface area contributed by atoms with Crippen molar-refractivity contribution in [3.63, 3.8) is 0 Å². The van der Waals surface area contributed by atoms with Gasteiger partial charge in [-0.05, 0) is 56.5 Å². The van der Waals surface area contributed by atoms with Crippen LogP contribution in [-0.2, 0) is 25.6 Å². The Morgan fingerprint density at radius 2 is 1.50 bits per heavy atom. The fourth-order valence-corrected chi connectivity index (χ4v) is 4.67. The molecule has 0 unspecified atom stereocenters. The standard InChI is InChI=1S/C21H32N2O3.2C2HF3O2/c1-24-18-6-4-17(5-7-18)16-23-13-15-26-21-19(23)8-9-20(21)25-14-12-22-10-2-3-11-22;2*3-2(4,5)1(6)7/h4-7,19-21H,2-3,8-16H2,1H3;2*(H,6,7)/t19-,20+,21+;;/m0../s1. The summed E-state index contributed by atoms with van der Waals surface area (Å²) in [6.07, 6.45) is -4.68. The van der Waals surface area contributed by atoms with Crippen LogP contribution >= 0.6 is 0 Å². The lowest BCUT2D eigenvalue weighted by Gasteiger charge is -2.39. The number of ether oxygens (including phenoxy) is 3. The zero-order valence-electron chi connectivity index (χ0n) is 21.9. The summed E-state index contributed by atoms with van der Waals surface area (Å²) in [4.78, 5) is 22.9. The van der Waals surface area contributed by atoms with Gasteiger partial charge in [0.15, 0.2) is 0 Å². The maximum absolute atomic E-state index is 10.6. The molecule has 2 heterocycles. The van der Waals surface area contributed by atoms with Crippen LogP contribution in [0.1, 0.15) is 31.2 Å². The third-order valence-electron chi connectivity index (χ3n) is 6.62. The molecule has 1 aliphatic carbocycles. The Morgan fingerprint density at radius 1 is 0.950 bits per heavy atom. The average molecular weight is 589 g/mol. The van der Waals surface area contributed by atoms with E-state index in [2.05, 4.69) is 21.9 Å². The minimum absolute atomic E-state index is 0.237. The number of halogens is 6. The van der Waals surface area contributed by atoms with Crippen LogP contribution in [0.5, 0.6) is 5.75 Å². The molecule has 1 aromatic rings. The highest BCUT2D eigenvalue weighted by atomic mass is 19.4. The average Bonchev–Trinajstić information content (AvgIpc) is 3.55. The molecule has 1 aromatic carbocycles. The second-order valence-electron chi connectivity index (χ2n) is 9.36. The number of hydrogen-bond donors (Lipinski definition) is 2. The molecule has 15 heteroatoms. The number of benzene rings is 1. The highest BCUT2D eigenvalue weighted by molar-refractivity contribution is 5.73. The zero-order chi connectivity index (χ0) is 29.9. The molecule has 40 heavy (non-hydrogen) atoms. The molecule has 1 saturated carbocycles. The first-order chi connectivity index (χ1) is 18.7. The van der Waals surface area contributed by atoms with E-state index in [9.17, 15) is 26.3 Å². The quantitative estimate of drug-likeness (QED) is 0.460. The number of nitrogens with zero attached hydrogens (tertiary/aromatic N) is 2. The summed E-state index contributed by atoms with van der Waals surface area (Å²) in [6, 6.07) is 8.92. The molecule has 228 valence electrons. The Balaban J connectivity index is 0.000000333. The minimum Gasteiger partial charge on any atom is -0.497 e. The van der Waals surface area contributed by atoms with Crippen molar-refractivity contribution in [1.29, 1.82) is 0 Å². The third kappa shape index (κ3) is 11.1. The normalized spacial score (nSPS) is 23.3. The van der Waals surface area contributed by atoms with Gasteiger partial charge < -0.3 is 29.3 Å². The van der Waals surface area contributed by atoms with Gasteiger partial charge in [0.1, 0.15) is 5.75 Å². The number of methoxy groups -OCH3 is 1. The number of carboxylic acids is 2. The molecular formula is C25H34F6N2O7. The highest BCUT2D eigenvalue weighted by Crippen LogP contribution is 2.33. The van der Waals surface area contributed by atoms with Gasteiger partial charge in [-0.25, -0.2) is 9.59 Å². The van der Waals surface area contributed by atoms with Crippen LogP contribution in [0, 0.1) is 0 Å². The van der Waals surface area contributed by atoms with Gasteiger partial charge in [0.25, 0.3) is 0 Å². The molecule has 0 aromatic heterocycles. The molecular weight excluding hydrogens is 554 g/mol. The lowest BCUT2D eigenvalue weighted by molar-refractivity contribution is -0.193. The number of aliphatic carboxylic acids is 2. The number of likely N-dealkylation sites (tertiary alicyclic amines) is 1. The van der Waals surface area contributed by atoms with E-state index in [0.717, 1.165) is 45.0 Å². The summed E-state index contributed by atoms with van der Waals surface area (Å²) in [5.41, 5.74) is 1.34. The van der Waals surface area contributed by atoms with Crippen molar-refractivity contribution in [2.75, 3.05) is 46.5 Å². The van der Waals surface area contributed by atoms with Gasteiger partial charge in [-0.3, -0.25) is 4.90 Å². The molecule has 2 aliphatic heterocycles. The SMILES string of the molecule is COc1ccc(CN2CCO[C@H]3[C@H](OCCN4CCCC4)CC[C@@H]32)cc1.O=C(O)C(F)(F)F.O=C(O)C(F)(F)F. The van der Waals surface area contributed by atoms with Gasteiger partial charge in [0.05, 0.1) is 32.5 Å². The van der Waals surface area contributed by atoms with E-state index in [4.69, 9.17) is 34.0 Å². The number of rotatable bonds is 7. The summed E-state index contributed by atoms with van der Waals surface area (Å²) >= 11 is 0. The molecule has 2 N–H and O–H groups in total. The summed E-state index contributed by atoms with van der Waals surface area (Å²) < 4.78 is 81.1. The van der Waals surface area contributed by atoms with E-state index in [0.29, 0.717) is 6.04 Å². The van der Waals surface area contributed by atoms with Crippen LogP contribution in [0.2, 0.25) is 0 Å². The molecule has 0 bridgehead atoms. The van der Waals surface area contributed by atoms with Crippen molar-refractivity contribution in [3.05, 3.63) is 29.8 Å². The zero-order valence-corrected chi connectivity index (χ0v) is 21.9. The largest absolute Gasteiger partial charge is 0.497 e. The molecule has 2 saturated heterocycles. The number of fused-ring (bicyclic) bond motifs is 1. The second kappa shape index (κ2) is 15.4. The topological polar surface area (TPSA) is 109 Å². The summed E-state index contributed by atoms with van der Waals surface area (Å²) in [5.74, 6) is -4.60. The Bertz CT molecular complexity index is 900. The summed E-state index contributed by atoms with van der Waals surface area (Å²) in [5, 5.41) is 14.2. The number of morpholine rings is 1. The first-order valence-electron chi connectivity index (χ1n) is 12.6. The van der Waals surface area contributed by atoms with Gasteiger partial charge >= 0.3 is 24.3 Å². The smallest absolute Gasteiger partial charge is 0.490 e. The Kier molecular flexibility index (Phi) is 12.9.